The fourth-order valence-electron chi connectivity index (χ4n) is 8.91. The van der Waals surface area contributed by atoms with Crippen LogP contribution in [-0.2, 0) is 14.3 Å². The van der Waals surface area contributed by atoms with E-state index >= 15 is 0 Å². The molecule has 1 heterocycles. The van der Waals surface area contributed by atoms with E-state index in [0.29, 0.717) is 12.8 Å². The van der Waals surface area contributed by atoms with Crippen molar-refractivity contribution in [3.63, 3.8) is 0 Å². The number of amides is 1. The molecule has 0 aromatic heterocycles. The third-order valence-electron chi connectivity index (χ3n) is 13.5. The molecule has 1 rings (SSSR count). The van der Waals surface area contributed by atoms with Crippen LogP contribution >= 0.6 is 0 Å². The summed E-state index contributed by atoms with van der Waals surface area (Å²) in [6.45, 7) is 3.45. The number of allylic oxidation sites excluding steroid dienone is 4. The van der Waals surface area contributed by atoms with Crippen molar-refractivity contribution in [2.45, 2.75) is 306 Å². The molecule has 0 saturated carbocycles. The molecule has 0 aliphatic carbocycles. The van der Waals surface area contributed by atoms with Gasteiger partial charge in [-0.05, 0) is 64.2 Å². The SMILES string of the molecule is CCCCCCCCCCCCC/C=C/CCCC(O)C(O)C(COC1OC(CO)C(O)C(O)C1O)NC(=O)C(O)CCCCCCCCC/C=C\CCCCCCCCCCCCCC. The van der Waals surface area contributed by atoms with Crippen molar-refractivity contribution < 1.29 is 50.0 Å². The van der Waals surface area contributed by atoms with Crippen LogP contribution in [0, 0.1) is 0 Å². The van der Waals surface area contributed by atoms with Crippen molar-refractivity contribution in [1.29, 1.82) is 0 Å². The zero-order valence-electron chi connectivity index (χ0n) is 42.4. The number of aliphatic hydroxyl groups is 7. The minimum Gasteiger partial charge on any atom is -0.394 e. The van der Waals surface area contributed by atoms with Gasteiger partial charge in [0.2, 0.25) is 5.91 Å². The molecule has 0 aromatic rings. The van der Waals surface area contributed by atoms with Gasteiger partial charge in [0.05, 0.1) is 25.4 Å². The van der Waals surface area contributed by atoms with Crippen molar-refractivity contribution >= 4 is 5.91 Å². The molecular weight excluding hydrogens is 835 g/mol. The van der Waals surface area contributed by atoms with Crippen molar-refractivity contribution in [2.24, 2.45) is 0 Å². The van der Waals surface area contributed by atoms with E-state index in [-0.39, 0.29) is 12.8 Å². The van der Waals surface area contributed by atoms with E-state index in [4.69, 9.17) is 9.47 Å². The number of ether oxygens (including phenoxy) is 2. The molecule has 390 valence electrons. The molecule has 9 atom stereocenters. The number of carbonyl (C=O) groups excluding carboxylic acids is 1. The monoisotopic (exact) mass is 940 g/mol. The molecule has 1 saturated heterocycles. The summed E-state index contributed by atoms with van der Waals surface area (Å²) in [7, 11) is 0. The Morgan fingerprint density at radius 3 is 1.30 bits per heavy atom. The van der Waals surface area contributed by atoms with Crippen LogP contribution < -0.4 is 5.32 Å². The summed E-state index contributed by atoms with van der Waals surface area (Å²) in [6, 6.07) is -1.18. The Morgan fingerprint density at radius 1 is 0.515 bits per heavy atom. The molecule has 8 N–H and O–H groups in total. The predicted octanol–water partition coefficient (Wildman–Crippen LogP) is 11.0. The number of nitrogens with one attached hydrogen (secondary N) is 1. The Morgan fingerprint density at radius 2 is 0.894 bits per heavy atom. The minimum atomic E-state index is -1.67. The van der Waals surface area contributed by atoms with E-state index in [0.717, 1.165) is 44.9 Å². The molecule has 0 bridgehead atoms. The molecule has 11 nitrogen and oxygen atoms in total. The van der Waals surface area contributed by atoms with Crippen LogP contribution in [0.25, 0.3) is 0 Å². The summed E-state index contributed by atoms with van der Waals surface area (Å²) in [5.41, 5.74) is 0. The lowest BCUT2D eigenvalue weighted by Crippen LogP contribution is -2.60. The second-order valence-electron chi connectivity index (χ2n) is 19.6. The van der Waals surface area contributed by atoms with Gasteiger partial charge in [0.25, 0.3) is 0 Å². The van der Waals surface area contributed by atoms with Gasteiger partial charge in [-0.2, -0.15) is 0 Å². The second-order valence-corrected chi connectivity index (χ2v) is 19.6. The second kappa shape index (κ2) is 44.8. The van der Waals surface area contributed by atoms with Gasteiger partial charge in [0, 0.05) is 0 Å². The maximum Gasteiger partial charge on any atom is 0.249 e. The largest absolute Gasteiger partial charge is 0.394 e. The summed E-state index contributed by atoms with van der Waals surface area (Å²) in [5, 5.41) is 76.0. The van der Waals surface area contributed by atoms with Crippen LogP contribution in [0.15, 0.2) is 24.3 Å². The van der Waals surface area contributed by atoms with Crippen LogP contribution in [0.1, 0.15) is 251 Å². The highest BCUT2D eigenvalue weighted by Crippen LogP contribution is 2.23. The van der Waals surface area contributed by atoms with Crippen LogP contribution in [0.4, 0.5) is 0 Å². The zero-order valence-corrected chi connectivity index (χ0v) is 42.4. The van der Waals surface area contributed by atoms with E-state index in [1.54, 1.807) is 0 Å². The molecule has 1 amide bonds. The third kappa shape index (κ3) is 33.2. The third-order valence-corrected chi connectivity index (χ3v) is 13.5. The van der Waals surface area contributed by atoms with Crippen molar-refractivity contribution in [2.75, 3.05) is 13.2 Å². The maximum absolute atomic E-state index is 13.2. The topological polar surface area (TPSA) is 189 Å². The smallest absolute Gasteiger partial charge is 0.249 e. The molecule has 1 aliphatic heterocycles. The molecule has 0 aromatic carbocycles. The number of aliphatic hydroxyl groups excluding tert-OH is 7. The molecule has 11 heteroatoms. The van der Waals surface area contributed by atoms with Crippen LogP contribution in [0.5, 0.6) is 0 Å². The molecule has 0 radical (unpaired) electrons. The Balaban J connectivity index is 2.35. The number of rotatable bonds is 47. The molecule has 9 unspecified atom stereocenters. The van der Waals surface area contributed by atoms with Gasteiger partial charge < -0.3 is 50.5 Å². The first-order valence-electron chi connectivity index (χ1n) is 27.7. The molecular formula is C55H105NO10. The maximum atomic E-state index is 13.2. The lowest BCUT2D eigenvalue weighted by atomic mass is 9.98. The highest BCUT2D eigenvalue weighted by Gasteiger charge is 2.44. The Labute approximate surface area is 404 Å². The molecule has 66 heavy (non-hydrogen) atoms. The first-order chi connectivity index (χ1) is 32.2. The molecule has 1 aliphatic rings. The van der Waals surface area contributed by atoms with Crippen molar-refractivity contribution in [1.82, 2.24) is 5.32 Å². The standard InChI is InChI=1S/C55H105NO10/c1-3-5-7-9-11-13-15-17-19-21-22-23-24-25-26-27-29-31-33-35-37-39-41-43-48(59)54(64)56-46(45-65-55-53(63)52(62)51(61)49(44-57)66-55)50(60)47(58)42-40-38-36-34-32-30-28-20-18-16-14-12-10-8-6-4-2/h25-26,34,36,46-53,55,57-63H,3-24,27-33,35,37-45H2,1-2H3,(H,56,64)/b26-25-,36-34+. The van der Waals surface area contributed by atoms with Gasteiger partial charge in [0.1, 0.15) is 36.6 Å². The highest BCUT2D eigenvalue weighted by atomic mass is 16.7. The highest BCUT2D eigenvalue weighted by molar-refractivity contribution is 5.80. The Kier molecular flexibility index (Phi) is 42.5. The van der Waals surface area contributed by atoms with Crippen molar-refractivity contribution in [3.05, 3.63) is 24.3 Å². The molecule has 0 spiro atoms. The molecule has 1 fully saturated rings. The van der Waals surface area contributed by atoms with Gasteiger partial charge in [-0.25, -0.2) is 0 Å². The van der Waals surface area contributed by atoms with E-state index in [1.807, 2.05) is 0 Å². The Hall–Kier alpha value is -1.41. The summed E-state index contributed by atoms with van der Waals surface area (Å²) in [5.74, 6) is -0.708. The average molecular weight is 940 g/mol. The Bertz CT molecular complexity index is 1120. The lowest BCUT2D eigenvalue weighted by molar-refractivity contribution is -0.303. The summed E-state index contributed by atoms with van der Waals surface area (Å²) in [6.07, 6.45) is 40.9. The number of carbonyl (C=O) groups is 1. The summed E-state index contributed by atoms with van der Waals surface area (Å²) in [4.78, 5) is 13.2. The number of hydrogen-bond donors (Lipinski definition) is 8. The van der Waals surface area contributed by atoms with Crippen LogP contribution in [-0.4, -0.2) is 110 Å². The number of unbranched alkanes of at least 4 members (excludes halogenated alkanes) is 31. The van der Waals surface area contributed by atoms with Gasteiger partial charge >= 0.3 is 0 Å². The van der Waals surface area contributed by atoms with Gasteiger partial charge in [-0.3, -0.25) is 4.79 Å². The average Bonchev–Trinajstić information content (AvgIpc) is 3.32. The van der Waals surface area contributed by atoms with E-state index < -0.39 is 74.2 Å². The van der Waals surface area contributed by atoms with Gasteiger partial charge in [-0.1, -0.05) is 212 Å². The normalized spacial score (nSPS) is 20.9. The van der Waals surface area contributed by atoms with Gasteiger partial charge in [-0.15, -0.1) is 0 Å². The summed E-state index contributed by atoms with van der Waals surface area (Å²) < 4.78 is 11.1. The van der Waals surface area contributed by atoms with E-state index in [9.17, 15) is 40.5 Å². The van der Waals surface area contributed by atoms with Crippen LogP contribution in [0.3, 0.4) is 0 Å². The first kappa shape index (κ1) is 62.6. The fraction of sp³-hybridized carbons (Fsp3) is 0.909. The fourth-order valence-corrected chi connectivity index (χ4v) is 8.91. The van der Waals surface area contributed by atoms with E-state index in [2.05, 4.69) is 43.5 Å². The predicted molar refractivity (Wildman–Crippen MR) is 270 cm³/mol. The minimum absolute atomic E-state index is 0.250. The van der Waals surface area contributed by atoms with E-state index in [1.165, 1.54) is 167 Å². The van der Waals surface area contributed by atoms with Crippen molar-refractivity contribution in [3.8, 4) is 0 Å². The van der Waals surface area contributed by atoms with Gasteiger partial charge in [0.15, 0.2) is 6.29 Å². The lowest BCUT2D eigenvalue weighted by Gasteiger charge is -2.40. The number of hydrogen-bond acceptors (Lipinski definition) is 10. The summed E-state index contributed by atoms with van der Waals surface area (Å²) >= 11 is 0. The quantitative estimate of drug-likeness (QED) is 0.0215. The zero-order chi connectivity index (χ0) is 48.3. The van der Waals surface area contributed by atoms with Crippen LogP contribution in [0.2, 0.25) is 0 Å². The first-order valence-corrected chi connectivity index (χ1v) is 27.7.